The first kappa shape index (κ1) is 30.4. The Labute approximate surface area is 238 Å². The number of pyridine rings is 1. The van der Waals surface area contributed by atoms with Gasteiger partial charge in [-0.1, -0.05) is 95.6 Å². The van der Waals surface area contributed by atoms with E-state index in [1.165, 1.54) is 63.1 Å². The van der Waals surface area contributed by atoms with Gasteiger partial charge in [-0.15, -0.1) is 0 Å². The van der Waals surface area contributed by atoms with E-state index in [1.807, 2.05) is 13.0 Å². The van der Waals surface area contributed by atoms with Gasteiger partial charge in [-0.3, -0.25) is 19.1 Å². The molecule has 2 fully saturated rings. The molecule has 208 valence electrons. The Morgan fingerprint density at radius 3 is 2.32 bits per heavy atom. The Balaban J connectivity index is 1.70. The van der Waals surface area contributed by atoms with Crippen molar-refractivity contribution in [3.05, 3.63) is 31.9 Å². The summed E-state index contributed by atoms with van der Waals surface area (Å²) in [5, 5.41) is 9.71. The second-order valence-corrected chi connectivity index (χ2v) is 12.6. The Morgan fingerprint density at radius 1 is 1.08 bits per heavy atom. The Bertz CT molecular complexity index is 1130. The minimum Gasteiger partial charge on any atom is -0.357 e. The van der Waals surface area contributed by atoms with Crippen LogP contribution in [-0.2, 0) is 11.8 Å². The number of carbonyl (C=O) groups excluding carboxylic acids is 1. The van der Waals surface area contributed by atoms with Gasteiger partial charge >= 0.3 is 0 Å². The van der Waals surface area contributed by atoms with Gasteiger partial charge in [-0.05, 0) is 43.7 Å². The van der Waals surface area contributed by atoms with E-state index in [0.717, 1.165) is 50.2 Å². The van der Waals surface area contributed by atoms with Crippen LogP contribution in [0.4, 0.5) is 5.82 Å². The summed E-state index contributed by atoms with van der Waals surface area (Å²) in [6.07, 6.45) is 16.6. The van der Waals surface area contributed by atoms with Gasteiger partial charge in [-0.2, -0.15) is 5.26 Å². The smallest absolute Gasteiger partial charge is 0.270 e. The number of piperidine rings is 1. The number of hydrogen-bond donors (Lipinski definition) is 0. The van der Waals surface area contributed by atoms with Crippen molar-refractivity contribution in [2.45, 2.75) is 97.8 Å². The van der Waals surface area contributed by atoms with Crippen LogP contribution in [0.3, 0.4) is 0 Å². The van der Waals surface area contributed by atoms with Gasteiger partial charge in [-0.25, -0.2) is 0 Å². The van der Waals surface area contributed by atoms with E-state index in [4.69, 9.17) is 12.2 Å². The van der Waals surface area contributed by atoms with Crippen molar-refractivity contribution < 1.29 is 4.79 Å². The average molecular weight is 557 g/mol. The third kappa shape index (κ3) is 7.51. The molecule has 0 N–H and O–H groups in total. The highest BCUT2D eigenvalue weighted by atomic mass is 32.2. The molecule has 0 bridgehead atoms. The van der Waals surface area contributed by atoms with Crippen molar-refractivity contribution in [1.82, 2.24) is 9.47 Å². The fourth-order valence-corrected chi connectivity index (χ4v) is 6.85. The van der Waals surface area contributed by atoms with Gasteiger partial charge in [0.2, 0.25) is 0 Å². The minimum atomic E-state index is -0.288. The van der Waals surface area contributed by atoms with Crippen LogP contribution >= 0.6 is 24.0 Å². The summed E-state index contributed by atoms with van der Waals surface area (Å²) < 4.78 is 2.17. The first-order valence-corrected chi connectivity index (χ1v) is 15.7. The molecule has 0 aromatic carbocycles. The number of aromatic nitrogens is 1. The molecule has 0 radical (unpaired) electrons. The number of nitriles is 1. The topological polar surface area (TPSA) is 69.3 Å². The highest BCUT2D eigenvalue weighted by Crippen LogP contribution is 2.36. The summed E-state index contributed by atoms with van der Waals surface area (Å²) in [4.78, 5) is 30.9. The molecule has 1 amide bonds. The number of nitrogens with zero attached hydrogens (tertiary/aromatic N) is 4. The van der Waals surface area contributed by atoms with Gasteiger partial charge < -0.3 is 4.90 Å². The molecule has 0 aliphatic carbocycles. The number of hydrogen-bond acceptors (Lipinski definition) is 6. The highest BCUT2D eigenvalue weighted by Gasteiger charge is 2.33. The lowest BCUT2D eigenvalue weighted by atomic mass is 9.98. The third-order valence-corrected chi connectivity index (χ3v) is 9.19. The normalized spacial score (nSPS) is 19.0. The molecule has 2 saturated heterocycles. The maximum absolute atomic E-state index is 13.4. The maximum Gasteiger partial charge on any atom is 0.270 e. The molecule has 2 aliphatic rings. The van der Waals surface area contributed by atoms with Crippen LogP contribution in [0.15, 0.2) is 9.70 Å². The van der Waals surface area contributed by atoms with Crippen LogP contribution in [0, 0.1) is 24.2 Å². The third-order valence-electron chi connectivity index (χ3n) is 7.81. The number of anilines is 1. The second kappa shape index (κ2) is 14.9. The quantitative estimate of drug-likeness (QED) is 0.149. The van der Waals surface area contributed by atoms with Crippen molar-refractivity contribution in [1.29, 1.82) is 5.26 Å². The zero-order valence-electron chi connectivity index (χ0n) is 23.7. The van der Waals surface area contributed by atoms with Gasteiger partial charge in [0, 0.05) is 32.2 Å². The van der Waals surface area contributed by atoms with Gasteiger partial charge in [0.25, 0.3) is 11.5 Å². The molecule has 3 heterocycles. The SMILES string of the molecule is CCCCCCCCCCCCN1C(=O)/C(=C/c2c(C)c(C#N)c(=O)n(C)c2N2CCCC(C)C2)SC1=S. The zero-order valence-corrected chi connectivity index (χ0v) is 25.3. The van der Waals surface area contributed by atoms with Gasteiger partial charge in [0.1, 0.15) is 21.8 Å². The van der Waals surface area contributed by atoms with Crippen LogP contribution in [0.1, 0.15) is 108 Å². The first-order valence-electron chi connectivity index (χ1n) is 14.4. The first-order chi connectivity index (χ1) is 18.3. The fraction of sp³-hybridized carbons (Fsp3) is 0.667. The molecule has 1 unspecified atom stereocenters. The predicted octanol–water partition coefficient (Wildman–Crippen LogP) is 6.92. The second-order valence-electron chi connectivity index (χ2n) is 10.9. The average Bonchev–Trinajstić information content (AvgIpc) is 3.16. The molecular weight excluding hydrogens is 512 g/mol. The van der Waals surface area contributed by atoms with Crippen LogP contribution < -0.4 is 10.5 Å². The molecule has 38 heavy (non-hydrogen) atoms. The molecule has 6 nitrogen and oxygen atoms in total. The summed E-state index contributed by atoms with van der Waals surface area (Å²) in [6.45, 7) is 8.62. The molecule has 1 atom stereocenters. The summed E-state index contributed by atoms with van der Waals surface area (Å²) >= 11 is 6.92. The molecule has 1 aromatic heterocycles. The van der Waals surface area contributed by atoms with E-state index in [0.29, 0.717) is 27.3 Å². The van der Waals surface area contributed by atoms with E-state index >= 15 is 0 Å². The van der Waals surface area contributed by atoms with Crippen molar-refractivity contribution in [3.8, 4) is 6.07 Å². The summed E-state index contributed by atoms with van der Waals surface area (Å²) in [6, 6.07) is 2.09. The lowest BCUT2D eigenvalue weighted by Gasteiger charge is -2.35. The van der Waals surface area contributed by atoms with Gasteiger partial charge in [0.05, 0.1) is 4.91 Å². The van der Waals surface area contributed by atoms with Crippen molar-refractivity contribution >= 4 is 46.1 Å². The number of rotatable bonds is 13. The standard InChI is InChI=1S/C30H44N4O2S2/c1-5-6-7-8-9-10-11-12-13-14-18-34-29(36)26(38-30(34)37)19-24-23(3)25(20-31)28(35)32(4)27(24)33-17-15-16-22(2)21-33/h19,22H,5-18,21H2,1-4H3/b26-19-. The number of amides is 1. The number of thioether (sulfide) groups is 1. The molecule has 0 saturated carbocycles. The summed E-state index contributed by atoms with van der Waals surface area (Å²) in [5.41, 5.74) is 1.25. The van der Waals surface area contributed by atoms with Crippen molar-refractivity contribution in [2.24, 2.45) is 13.0 Å². The molecular formula is C30H44N4O2S2. The Kier molecular flexibility index (Phi) is 11.9. The van der Waals surface area contributed by atoms with Crippen molar-refractivity contribution in [2.75, 3.05) is 24.5 Å². The van der Waals surface area contributed by atoms with E-state index in [9.17, 15) is 14.9 Å². The van der Waals surface area contributed by atoms with Gasteiger partial charge in [0.15, 0.2) is 0 Å². The highest BCUT2D eigenvalue weighted by molar-refractivity contribution is 8.26. The lowest BCUT2D eigenvalue weighted by Crippen LogP contribution is -2.39. The van der Waals surface area contributed by atoms with Crippen LogP contribution in [0.25, 0.3) is 6.08 Å². The van der Waals surface area contributed by atoms with E-state index < -0.39 is 0 Å². The number of thiocarbonyl (C=S) groups is 1. The zero-order chi connectivity index (χ0) is 27.7. The summed E-state index contributed by atoms with van der Waals surface area (Å²) in [7, 11) is 1.73. The van der Waals surface area contributed by atoms with E-state index in [-0.39, 0.29) is 17.0 Å². The lowest BCUT2D eigenvalue weighted by molar-refractivity contribution is -0.122. The molecule has 3 rings (SSSR count). The molecule has 0 spiro atoms. The minimum absolute atomic E-state index is 0.0688. The Morgan fingerprint density at radius 2 is 1.71 bits per heavy atom. The number of carbonyl (C=O) groups is 1. The maximum atomic E-state index is 13.4. The number of unbranched alkanes of at least 4 members (excludes halogenated alkanes) is 9. The van der Waals surface area contributed by atoms with E-state index in [1.54, 1.807) is 16.5 Å². The van der Waals surface area contributed by atoms with Crippen molar-refractivity contribution in [3.63, 3.8) is 0 Å². The molecule has 8 heteroatoms. The van der Waals surface area contributed by atoms with Crippen LogP contribution in [-0.4, -0.2) is 39.3 Å². The predicted molar refractivity (Wildman–Crippen MR) is 163 cm³/mol. The van der Waals surface area contributed by atoms with Crippen LogP contribution in [0.5, 0.6) is 0 Å². The van der Waals surface area contributed by atoms with E-state index in [2.05, 4.69) is 24.8 Å². The molecule has 1 aromatic rings. The summed E-state index contributed by atoms with van der Waals surface area (Å²) in [5.74, 6) is 1.24. The fourth-order valence-electron chi connectivity index (χ4n) is 5.56. The largest absolute Gasteiger partial charge is 0.357 e. The monoisotopic (exact) mass is 556 g/mol. The molecule has 2 aliphatic heterocycles. The van der Waals surface area contributed by atoms with Crippen LogP contribution in [0.2, 0.25) is 0 Å². The Hall–Kier alpha value is -2.11.